The van der Waals surface area contributed by atoms with E-state index in [0.29, 0.717) is 17.7 Å². The van der Waals surface area contributed by atoms with Crippen LogP contribution in [0.2, 0.25) is 0 Å². The molecular formula is C17H19BrN2O3S. The van der Waals surface area contributed by atoms with Crippen LogP contribution >= 0.6 is 15.9 Å². The van der Waals surface area contributed by atoms with Crippen LogP contribution in [0.1, 0.15) is 30.6 Å². The number of rotatable bonds is 6. The number of nitrogens with one attached hydrogen (secondary N) is 2. The summed E-state index contributed by atoms with van der Waals surface area (Å²) < 4.78 is 27.8. The van der Waals surface area contributed by atoms with E-state index in [1.807, 2.05) is 19.1 Å². The average Bonchev–Trinajstić information content (AvgIpc) is 2.54. The summed E-state index contributed by atoms with van der Waals surface area (Å²) in [6.07, 6.45) is 0.701. The normalized spacial score (nSPS) is 12.6. The second-order valence-electron chi connectivity index (χ2n) is 5.42. The highest BCUT2D eigenvalue weighted by atomic mass is 79.9. The van der Waals surface area contributed by atoms with Crippen LogP contribution in [0.3, 0.4) is 0 Å². The van der Waals surface area contributed by atoms with Gasteiger partial charge in [-0.3, -0.25) is 4.79 Å². The molecule has 2 aromatic carbocycles. The number of sulfonamides is 1. The zero-order valence-corrected chi connectivity index (χ0v) is 15.8. The summed E-state index contributed by atoms with van der Waals surface area (Å²) in [7, 11) is -3.57. The van der Waals surface area contributed by atoms with E-state index >= 15 is 0 Å². The Morgan fingerprint density at radius 1 is 1.17 bits per heavy atom. The van der Waals surface area contributed by atoms with Gasteiger partial charge in [0.25, 0.3) is 5.91 Å². The largest absolute Gasteiger partial charge is 0.322 e. The Kier molecular flexibility index (Phi) is 6.15. The third-order valence-corrected chi connectivity index (χ3v) is 5.58. The van der Waals surface area contributed by atoms with Crippen LogP contribution in [-0.4, -0.2) is 20.4 Å². The highest BCUT2D eigenvalue weighted by molar-refractivity contribution is 9.10. The van der Waals surface area contributed by atoms with Crippen LogP contribution in [0.5, 0.6) is 0 Å². The highest BCUT2D eigenvalue weighted by Gasteiger charge is 2.17. The predicted molar refractivity (Wildman–Crippen MR) is 98.6 cm³/mol. The fourth-order valence-electron chi connectivity index (χ4n) is 1.97. The number of hydrogen-bond acceptors (Lipinski definition) is 3. The van der Waals surface area contributed by atoms with Gasteiger partial charge in [0.15, 0.2) is 0 Å². The van der Waals surface area contributed by atoms with Crippen LogP contribution in [0, 0.1) is 0 Å². The molecule has 2 aromatic rings. The minimum absolute atomic E-state index is 0.141. The second kappa shape index (κ2) is 7.92. The molecule has 0 heterocycles. The summed E-state index contributed by atoms with van der Waals surface area (Å²) in [6.45, 7) is 3.71. The highest BCUT2D eigenvalue weighted by Crippen LogP contribution is 2.17. The van der Waals surface area contributed by atoms with E-state index in [1.54, 1.807) is 19.1 Å². The first-order valence-corrected chi connectivity index (χ1v) is 9.78. The first kappa shape index (κ1) is 18.6. The Balaban J connectivity index is 2.12. The van der Waals surface area contributed by atoms with Crippen molar-refractivity contribution in [2.75, 3.05) is 5.32 Å². The Bertz CT molecular complexity index is 820. The minimum Gasteiger partial charge on any atom is -0.322 e. The van der Waals surface area contributed by atoms with Crippen molar-refractivity contribution < 1.29 is 13.2 Å². The summed E-state index contributed by atoms with van der Waals surface area (Å²) in [5.74, 6) is -0.299. The molecule has 1 amide bonds. The van der Waals surface area contributed by atoms with Crippen LogP contribution in [0.25, 0.3) is 0 Å². The van der Waals surface area contributed by atoms with Crippen molar-refractivity contribution in [3.05, 3.63) is 58.6 Å². The molecule has 0 aliphatic carbocycles. The van der Waals surface area contributed by atoms with Crippen molar-refractivity contribution >= 4 is 37.5 Å². The predicted octanol–water partition coefficient (Wildman–Crippen LogP) is 3.78. The molecule has 5 nitrogen and oxygen atoms in total. The number of carbonyl (C=O) groups is 1. The molecule has 0 fully saturated rings. The van der Waals surface area contributed by atoms with E-state index in [-0.39, 0.29) is 16.8 Å². The maximum atomic E-state index is 12.2. The molecule has 1 atom stereocenters. The maximum Gasteiger partial charge on any atom is 0.255 e. The van der Waals surface area contributed by atoms with E-state index in [4.69, 9.17) is 0 Å². The molecule has 24 heavy (non-hydrogen) atoms. The van der Waals surface area contributed by atoms with Gasteiger partial charge in [0.05, 0.1) is 4.90 Å². The molecule has 7 heteroatoms. The quantitative estimate of drug-likeness (QED) is 0.760. The molecule has 0 radical (unpaired) electrons. The lowest BCUT2D eigenvalue weighted by atomic mass is 10.2. The van der Waals surface area contributed by atoms with Gasteiger partial charge in [-0.05, 0) is 55.8 Å². The fraction of sp³-hybridized carbons (Fsp3) is 0.235. The van der Waals surface area contributed by atoms with Crippen LogP contribution < -0.4 is 10.0 Å². The summed E-state index contributed by atoms with van der Waals surface area (Å²) in [6, 6.07) is 13.0. The van der Waals surface area contributed by atoms with E-state index < -0.39 is 10.0 Å². The molecule has 2 rings (SSSR count). The second-order valence-corrected chi connectivity index (χ2v) is 8.05. The van der Waals surface area contributed by atoms with Gasteiger partial charge in [0, 0.05) is 21.8 Å². The molecule has 0 aromatic heterocycles. The van der Waals surface area contributed by atoms with E-state index in [9.17, 15) is 13.2 Å². The van der Waals surface area contributed by atoms with Gasteiger partial charge >= 0.3 is 0 Å². The smallest absolute Gasteiger partial charge is 0.255 e. The van der Waals surface area contributed by atoms with Crippen LogP contribution in [-0.2, 0) is 10.0 Å². The van der Waals surface area contributed by atoms with Crippen molar-refractivity contribution in [3.63, 3.8) is 0 Å². The zero-order chi connectivity index (χ0) is 17.7. The number of amides is 1. The molecule has 0 spiro atoms. The molecule has 0 saturated heterocycles. The van der Waals surface area contributed by atoms with Crippen molar-refractivity contribution in [2.24, 2.45) is 0 Å². The first-order chi connectivity index (χ1) is 11.3. The van der Waals surface area contributed by atoms with E-state index in [1.165, 1.54) is 24.3 Å². The lowest BCUT2D eigenvalue weighted by Gasteiger charge is -2.12. The summed E-state index contributed by atoms with van der Waals surface area (Å²) in [4.78, 5) is 12.4. The number of carbonyl (C=O) groups excluding carboxylic acids is 1. The van der Waals surface area contributed by atoms with E-state index in [0.717, 1.165) is 4.47 Å². The summed E-state index contributed by atoms with van der Waals surface area (Å²) in [5.41, 5.74) is 1.04. The van der Waals surface area contributed by atoms with Gasteiger partial charge in [0.2, 0.25) is 10.0 Å². The molecule has 0 aliphatic rings. The first-order valence-electron chi connectivity index (χ1n) is 7.51. The Morgan fingerprint density at radius 2 is 1.83 bits per heavy atom. The fourth-order valence-corrected chi connectivity index (χ4v) is 3.70. The lowest BCUT2D eigenvalue weighted by molar-refractivity contribution is 0.102. The van der Waals surface area contributed by atoms with Crippen molar-refractivity contribution in [2.45, 2.75) is 31.2 Å². The molecule has 0 saturated carbocycles. The number of benzene rings is 2. The summed E-state index contributed by atoms with van der Waals surface area (Å²) in [5, 5.41) is 2.76. The van der Waals surface area contributed by atoms with Gasteiger partial charge in [-0.1, -0.05) is 28.9 Å². The zero-order valence-electron chi connectivity index (χ0n) is 13.4. The van der Waals surface area contributed by atoms with Gasteiger partial charge in [-0.25, -0.2) is 13.1 Å². The van der Waals surface area contributed by atoms with Crippen molar-refractivity contribution in [1.29, 1.82) is 0 Å². The van der Waals surface area contributed by atoms with Gasteiger partial charge in [-0.2, -0.15) is 0 Å². The van der Waals surface area contributed by atoms with Gasteiger partial charge in [0.1, 0.15) is 0 Å². The van der Waals surface area contributed by atoms with Crippen molar-refractivity contribution in [3.8, 4) is 0 Å². The van der Waals surface area contributed by atoms with Gasteiger partial charge < -0.3 is 5.32 Å². The number of halogens is 1. The third-order valence-electron chi connectivity index (χ3n) is 3.48. The number of anilines is 1. The Hall–Kier alpha value is -1.70. The molecule has 0 unspecified atom stereocenters. The SMILES string of the molecule is CC[C@@H](C)NS(=O)(=O)c1ccc(C(=O)Nc2cccc(Br)c2)cc1. The topological polar surface area (TPSA) is 75.3 Å². The monoisotopic (exact) mass is 410 g/mol. The molecule has 2 N–H and O–H groups in total. The lowest BCUT2D eigenvalue weighted by Crippen LogP contribution is -2.32. The van der Waals surface area contributed by atoms with Crippen molar-refractivity contribution in [1.82, 2.24) is 4.72 Å². The molecule has 0 aliphatic heterocycles. The number of hydrogen-bond donors (Lipinski definition) is 2. The molecule has 0 bridgehead atoms. The average molecular weight is 411 g/mol. The minimum atomic E-state index is -3.57. The standard InChI is InChI=1S/C17H19BrN2O3S/c1-3-12(2)20-24(22,23)16-9-7-13(8-10-16)17(21)19-15-6-4-5-14(18)11-15/h4-12,20H,3H2,1-2H3,(H,19,21)/t12-/m1/s1. The third kappa shape index (κ3) is 4.90. The Labute approximate surface area is 150 Å². The molecular weight excluding hydrogens is 392 g/mol. The van der Waals surface area contributed by atoms with E-state index in [2.05, 4.69) is 26.0 Å². The van der Waals surface area contributed by atoms with Crippen LogP contribution in [0.4, 0.5) is 5.69 Å². The Morgan fingerprint density at radius 3 is 2.42 bits per heavy atom. The summed E-state index contributed by atoms with van der Waals surface area (Å²) >= 11 is 3.34. The van der Waals surface area contributed by atoms with Crippen LogP contribution in [0.15, 0.2) is 57.9 Å². The van der Waals surface area contributed by atoms with Gasteiger partial charge in [-0.15, -0.1) is 0 Å². The maximum absolute atomic E-state index is 12.2. The molecule has 128 valence electrons.